The van der Waals surface area contributed by atoms with Crippen molar-refractivity contribution in [2.45, 2.75) is 65.4 Å². The molecule has 3 heterocycles. The average Bonchev–Trinajstić information content (AvgIpc) is 2.85. The van der Waals surface area contributed by atoms with Crippen LogP contribution in [0.25, 0.3) is 11.0 Å². The van der Waals surface area contributed by atoms with Gasteiger partial charge in [-0.2, -0.15) is 13.2 Å². The Bertz CT molecular complexity index is 881. The van der Waals surface area contributed by atoms with E-state index in [1.54, 1.807) is 25.7 Å². The fourth-order valence-corrected chi connectivity index (χ4v) is 3.61. The number of carbonyl (C=O) groups is 1. The summed E-state index contributed by atoms with van der Waals surface area (Å²) < 4.78 is 46.8. The molecule has 0 aromatic carbocycles. The van der Waals surface area contributed by atoms with Crippen LogP contribution in [0.5, 0.6) is 0 Å². The highest BCUT2D eigenvalue weighted by atomic mass is 19.4. The van der Waals surface area contributed by atoms with E-state index in [2.05, 4.69) is 4.98 Å². The lowest BCUT2D eigenvalue weighted by Crippen LogP contribution is -2.43. The van der Waals surface area contributed by atoms with Crippen molar-refractivity contribution in [3.8, 4) is 0 Å². The second-order valence-corrected chi connectivity index (χ2v) is 7.95. The molecule has 0 aliphatic carbocycles. The molecule has 1 amide bonds. The third-order valence-electron chi connectivity index (χ3n) is 4.66. The quantitative estimate of drug-likeness (QED) is 0.702. The summed E-state index contributed by atoms with van der Waals surface area (Å²) in [7, 11) is 0. The molecule has 0 saturated carbocycles. The molecule has 0 radical (unpaired) electrons. The van der Waals surface area contributed by atoms with Crippen LogP contribution < -0.4 is 0 Å². The summed E-state index contributed by atoms with van der Waals surface area (Å²) in [5, 5.41) is 0.500. The van der Waals surface area contributed by atoms with Gasteiger partial charge in [0.25, 0.3) is 0 Å². The van der Waals surface area contributed by atoms with E-state index < -0.39 is 23.4 Å². The molecule has 0 spiro atoms. The number of aromatic nitrogens is 2. The third kappa shape index (κ3) is 3.61. The molecule has 0 N–H and O–H groups in total. The number of fused-ring (bicyclic) bond motifs is 3. The van der Waals surface area contributed by atoms with Gasteiger partial charge in [0.2, 0.25) is 0 Å². The Kier molecular flexibility index (Phi) is 4.64. The monoisotopic (exact) mass is 383 g/mol. The van der Waals surface area contributed by atoms with Crippen molar-refractivity contribution >= 4 is 17.1 Å². The van der Waals surface area contributed by atoms with Crippen LogP contribution in [0.3, 0.4) is 0 Å². The maximum Gasteiger partial charge on any atom is 0.417 e. The number of aryl methyl sites for hydroxylation is 1. The maximum atomic E-state index is 13.1. The van der Waals surface area contributed by atoms with Crippen LogP contribution in [0.1, 0.15) is 57.5 Å². The van der Waals surface area contributed by atoms with Gasteiger partial charge in [0, 0.05) is 23.8 Å². The van der Waals surface area contributed by atoms with Crippen molar-refractivity contribution in [2.24, 2.45) is 0 Å². The van der Waals surface area contributed by atoms with Crippen LogP contribution in [0.2, 0.25) is 0 Å². The Hall–Kier alpha value is -2.25. The zero-order chi connectivity index (χ0) is 20.1. The third-order valence-corrected chi connectivity index (χ3v) is 4.66. The van der Waals surface area contributed by atoms with Gasteiger partial charge < -0.3 is 14.2 Å². The molecule has 5 nitrogen and oxygen atoms in total. The second-order valence-electron chi connectivity index (χ2n) is 7.95. The highest BCUT2D eigenvalue weighted by molar-refractivity contribution is 5.84. The van der Waals surface area contributed by atoms with Gasteiger partial charge in [-0.05, 0) is 45.7 Å². The van der Waals surface area contributed by atoms with Crippen molar-refractivity contribution in [3.05, 3.63) is 29.1 Å². The van der Waals surface area contributed by atoms with Gasteiger partial charge in [0.1, 0.15) is 11.2 Å². The van der Waals surface area contributed by atoms with Crippen LogP contribution in [0.4, 0.5) is 18.0 Å². The predicted molar refractivity (Wildman–Crippen MR) is 95.5 cm³/mol. The molecular weight excluding hydrogens is 359 g/mol. The van der Waals surface area contributed by atoms with Gasteiger partial charge in [-0.1, -0.05) is 6.92 Å². The lowest BCUT2D eigenvalue weighted by atomic mass is 10.1. The van der Waals surface area contributed by atoms with E-state index in [-0.39, 0.29) is 6.04 Å². The summed E-state index contributed by atoms with van der Waals surface area (Å²) in [6.45, 7) is 9.93. The van der Waals surface area contributed by atoms with E-state index >= 15 is 0 Å². The molecule has 2 aromatic rings. The largest absolute Gasteiger partial charge is 0.444 e. The Morgan fingerprint density at radius 3 is 2.56 bits per heavy atom. The molecule has 0 bridgehead atoms. The lowest BCUT2D eigenvalue weighted by molar-refractivity contribution is -0.137. The number of carbonyl (C=O) groups excluding carboxylic acids is 1. The number of hydrogen-bond acceptors (Lipinski definition) is 3. The fraction of sp³-hybridized carbons (Fsp3) is 0.579. The SMILES string of the molecule is CCc1c2n(c3ncc(C(F)(F)F)cc13)[C@H](C)CN(C(=O)OC(C)(C)C)C2. The van der Waals surface area contributed by atoms with Crippen molar-refractivity contribution in [1.82, 2.24) is 14.5 Å². The molecule has 1 atom stereocenters. The minimum Gasteiger partial charge on any atom is -0.444 e. The van der Waals surface area contributed by atoms with Gasteiger partial charge in [-0.25, -0.2) is 9.78 Å². The normalized spacial score (nSPS) is 17.9. The molecule has 3 rings (SSSR count). The number of rotatable bonds is 1. The number of amides is 1. The summed E-state index contributed by atoms with van der Waals surface area (Å²) in [6.07, 6.45) is -3.43. The smallest absolute Gasteiger partial charge is 0.417 e. The van der Waals surface area contributed by atoms with E-state index in [1.165, 1.54) is 0 Å². The van der Waals surface area contributed by atoms with Gasteiger partial charge in [-0.15, -0.1) is 0 Å². The number of halogens is 3. The molecule has 0 saturated heterocycles. The van der Waals surface area contributed by atoms with Gasteiger partial charge in [-0.3, -0.25) is 0 Å². The first-order valence-electron chi connectivity index (χ1n) is 8.99. The molecule has 1 aliphatic rings. The zero-order valence-electron chi connectivity index (χ0n) is 16.1. The summed E-state index contributed by atoms with van der Waals surface area (Å²) >= 11 is 0. The molecular formula is C19H24F3N3O2. The van der Waals surface area contributed by atoms with Gasteiger partial charge in [0.15, 0.2) is 0 Å². The minimum atomic E-state index is -4.44. The first kappa shape index (κ1) is 19.5. The predicted octanol–water partition coefficient (Wildman–Crippen LogP) is 4.93. The molecule has 1 aliphatic heterocycles. The van der Waals surface area contributed by atoms with Crippen LogP contribution in [-0.2, 0) is 23.9 Å². The zero-order valence-corrected chi connectivity index (χ0v) is 16.1. The second kappa shape index (κ2) is 6.42. The summed E-state index contributed by atoms with van der Waals surface area (Å²) in [5.74, 6) is 0. The summed E-state index contributed by atoms with van der Waals surface area (Å²) in [4.78, 5) is 18.2. The van der Waals surface area contributed by atoms with Crippen molar-refractivity contribution < 1.29 is 22.7 Å². The van der Waals surface area contributed by atoms with Crippen LogP contribution in [0.15, 0.2) is 12.3 Å². The molecule has 2 aromatic heterocycles. The summed E-state index contributed by atoms with van der Waals surface area (Å²) in [5.41, 5.74) is 0.782. The number of nitrogens with zero attached hydrogens (tertiary/aromatic N) is 3. The lowest BCUT2D eigenvalue weighted by Gasteiger charge is -2.35. The molecule has 27 heavy (non-hydrogen) atoms. The van der Waals surface area contributed by atoms with E-state index in [0.29, 0.717) is 30.5 Å². The fourth-order valence-electron chi connectivity index (χ4n) is 3.61. The number of pyridine rings is 1. The Morgan fingerprint density at radius 2 is 2.00 bits per heavy atom. The van der Waals surface area contributed by atoms with Gasteiger partial charge in [0.05, 0.1) is 18.2 Å². The van der Waals surface area contributed by atoms with Crippen molar-refractivity contribution in [2.75, 3.05) is 6.54 Å². The molecule has 0 unspecified atom stereocenters. The Morgan fingerprint density at radius 1 is 1.33 bits per heavy atom. The van der Waals surface area contributed by atoms with Crippen molar-refractivity contribution in [1.29, 1.82) is 0 Å². The van der Waals surface area contributed by atoms with Crippen LogP contribution in [-0.4, -0.2) is 32.7 Å². The van der Waals surface area contributed by atoms with E-state index in [0.717, 1.165) is 23.5 Å². The van der Waals surface area contributed by atoms with E-state index in [9.17, 15) is 18.0 Å². The number of alkyl halides is 3. The highest BCUT2D eigenvalue weighted by Gasteiger charge is 2.35. The van der Waals surface area contributed by atoms with Crippen LogP contribution >= 0.6 is 0 Å². The van der Waals surface area contributed by atoms with Gasteiger partial charge >= 0.3 is 12.3 Å². The van der Waals surface area contributed by atoms with Crippen molar-refractivity contribution in [3.63, 3.8) is 0 Å². The topological polar surface area (TPSA) is 47.4 Å². The molecule has 8 heteroatoms. The average molecular weight is 383 g/mol. The van der Waals surface area contributed by atoms with E-state index in [4.69, 9.17) is 4.74 Å². The Balaban J connectivity index is 2.07. The highest BCUT2D eigenvalue weighted by Crippen LogP contribution is 2.37. The minimum absolute atomic E-state index is 0.117. The Labute approximate surface area is 156 Å². The first-order valence-corrected chi connectivity index (χ1v) is 8.99. The van der Waals surface area contributed by atoms with Crippen LogP contribution in [0, 0.1) is 0 Å². The standard InChI is InChI=1S/C19H24F3N3O2/c1-6-13-14-7-12(19(20,21)22)8-23-16(14)25-11(2)9-24(10-15(13)25)17(26)27-18(3,4)5/h7-8,11H,6,9-10H2,1-5H3/t11-/m1/s1. The summed E-state index contributed by atoms with van der Waals surface area (Å²) in [6, 6.07) is 1.05. The number of hydrogen-bond donors (Lipinski definition) is 0. The maximum absolute atomic E-state index is 13.1. The number of ether oxygens (including phenoxy) is 1. The molecule has 0 fully saturated rings. The molecule has 148 valence electrons. The van der Waals surface area contributed by atoms with E-state index in [1.807, 2.05) is 18.4 Å². The first-order chi connectivity index (χ1) is 12.4.